The van der Waals surface area contributed by atoms with E-state index in [1.807, 2.05) is 0 Å². The molecule has 5 nitrogen and oxygen atoms in total. The van der Waals surface area contributed by atoms with Crippen molar-refractivity contribution in [2.24, 2.45) is 0 Å². The first-order chi connectivity index (χ1) is 11.8. The van der Waals surface area contributed by atoms with E-state index in [1.54, 1.807) is 6.07 Å². The minimum absolute atomic E-state index is 0.0211. The normalized spacial score (nSPS) is 11.5. The number of carbonyl (C=O) groups excluding carboxylic acids is 1. The number of hydrogen-bond acceptors (Lipinski definition) is 3. The molecule has 2 aromatic carbocycles. The quantitative estimate of drug-likeness (QED) is 0.817. The molecule has 0 fully saturated rings. The van der Waals surface area contributed by atoms with Crippen molar-refractivity contribution in [2.45, 2.75) is 17.7 Å². The van der Waals surface area contributed by atoms with Gasteiger partial charge in [0.05, 0.1) is 10.6 Å². The summed E-state index contributed by atoms with van der Waals surface area (Å²) in [6, 6.07) is 10.3. The molecule has 2 aromatic rings. The first-order valence-electron chi connectivity index (χ1n) is 7.57. The predicted octanol–water partition coefficient (Wildman–Crippen LogP) is 3.00. The maximum atomic E-state index is 13.4. The van der Waals surface area contributed by atoms with Gasteiger partial charge in [-0.3, -0.25) is 4.79 Å². The Balaban J connectivity index is 1.87. The molecule has 0 atom stereocenters. The summed E-state index contributed by atoms with van der Waals surface area (Å²) in [7, 11) is -2.36. The van der Waals surface area contributed by atoms with Gasteiger partial charge in [-0.15, -0.1) is 0 Å². The minimum atomic E-state index is -3.74. The molecule has 25 heavy (non-hydrogen) atoms. The van der Waals surface area contributed by atoms with Crippen LogP contribution in [0.25, 0.3) is 0 Å². The van der Waals surface area contributed by atoms with Gasteiger partial charge in [0.2, 0.25) is 15.9 Å². The summed E-state index contributed by atoms with van der Waals surface area (Å²) in [6.45, 7) is 0.102. The van der Waals surface area contributed by atoms with Crippen LogP contribution in [-0.4, -0.2) is 32.2 Å². The number of carbonyl (C=O) groups is 1. The third-order valence-electron chi connectivity index (χ3n) is 3.55. The number of amides is 1. The molecule has 134 valence electrons. The van der Waals surface area contributed by atoms with Gasteiger partial charge in [-0.25, -0.2) is 21.5 Å². The van der Waals surface area contributed by atoms with Crippen molar-refractivity contribution in [1.82, 2.24) is 4.31 Å². The van der Waals surface area contributed by atoms with Crippen molar-refractivity contribution in [2.75, 3.05) is 18.9 Å². The fourth-order valence-corrected chi connectivity index (χ4v) is 3.35. The Kier molecular flexibility index (Phi) is 6.22. The molecule has 2 rings (SSSR count). The summed E-state index contributed by atoms with van der Waals surface area (Å²) in [6.07, 6.45) is 0.300. The van der Waals surface area contributed by atoms with E-state index in [4.69, 9.17) is 0 Å². The third kappa shape index (κ3) is 5.07. The smallest absolute Gasteiger partial charge is 0.242 e. The number of nitrogens with zero attached hydrogens (tertiary/aromatic N) is 1. The van der Waals surface area contributed by atoms with E-state index in [0.717, 1.165) is 16.4 Å². The van der Waals surface area contributed by atoms with Gasteiger partial charge in [0.15, 0.2) is 0 Å². The number of para-hydroxylation sites is 1. The van der Waals surface area contributed by atoms with Crippen LogP contribution in [0.4, 0.5) is 14.5 Å². The maximum Gasteiger partial charge on any atom is 0.242 e. The van der Waals surface area contributed by atoms with Crippen LogP contribution in [-0.2, 0) is 14.8 Å². The molecule has 0 radical (unpaired) electrons. The fourth-order valence-electron chi connectivity index (χ4n) is 2.14. The Morgan fingerprint density at radius 2 is 1.72 bits per heavy atom. The fraction of sp³-hybridized carbons (Fsp3) is 0.235. The molecule has 0 unspecified atom stereocenters. The van der Waals surface area contributed by atoms with Crippen LogP contribution in [0, 0.1) is 11.6 Å². The maximum absolute atomic E-state index is 13.4. The Bertz CT molecular complexity index is 839. The summed E-state index contributed by atoms with van der Waals surface area (Å²) in [4.78, 5) is 11.8. The van der Waals surface area contributed by atoms with Crippen molar-refractivity contribution in [1.29, 1.82) is 0 Å². The van der Waals surface area contributed by atoms with Gasteiger partial charge < -0.3 is 5.32 Å². The molecule has 0 heterocycles. The number of hydrogen-bond donors (Lipinski definition) is 1. The lowest BCUT2D eigenvalue weighted by Gasteiger charge is -2.17. The molecule has 0 saturated carbocycles. The summed E-state index contributed by atoms with van der Waals surface area (Å²) in [5.74, 6) is -1.46. The van der Waals surface area contributed by atoms with Crippen molar-refractivity contribution in [3.05, 3.63) is 60.2 Å². The average molecular weight is 368 g/mol. The van der Waals surface area contributed by atoms with Gasteiger partial charge in [-0.05, 0) is 42.8 Å². The van der Waals surface area contributed by atoms with Gasteiger partial charge in [0.25, 0.3) is 0 Å². The number of nitrogens with one attached hydrogen (secondary N) is 1. The highest BCUT2D eigenvalue weighted by atomic mass is 32.2. The molecule has 0 aliphatic rings. The van der Waals surface area contributed by atoms with Crippen molar-refractivity contribution in [3.8, 4) is 0 Å². The zero-order chi connectivity index (χ0) is 18.4. The zero-order valence-electron chi connectivity index (χ0n) is 13.6. The second-order valence-corrected chi connectivity index (χ2v) is 7.46. The molecule has 0 aromatic heterocycles. The van der Waals surface area contributed by atoms with E-state index in [0.29, 0.717) is 0 Å². The largest absolute Gasteiger partial charge is 0.324 e. The van der Waals surface area contributed by atoms with Gasteiger partial charge in [0.1, 0.15) is 11.6 Å². The van der Waals surface area contributed by atoms with Crippen LogP contribution in [0.3, 0.4) is 0 Å². The molecule has 0 aliphatic carbocycles. The number of anilines is 1. The SMILES string of the molecule is CN(CCCC(=O)Nc1ccccc1F)S(=O)(=O)c1ccc(F)cc1. The van der Waals surface area contributed by atoms with E-state index < -0.39 is 27.6 Å². The first kappa shape index (κ1) is 19.0. The third-order valence-corrected chi connectivity index (χ3v) is 5.42. The highest BCUT2D eigenvalue weighted by Gasteiger charge is 2.20. The van der Waals surface area contributed by atoms with Crippen LogP contribution in [0.1, 0.15) is 12.8 Å². The highest BCUT2D eigenvalue weighted by Crippen LogP contribution is 2.16. The topological polar surface area (TPSA) is 66.5 Å². The second-order valence-electron chi connectivity index (χ2n) is 5.41. The Labute approximate surface area is 145 Å². The minimum Gasteiger partial charge on any atom is -0.324 e. The molecular formula is C17H18F2N2O3S. The standard InChI is InChI=1S/C17H18F2N2O3S/c1-21(25(23,24)14-10-8-13(18)9-11-14)12-4-7-17(22)20-16-6-3-2-5-15(16)19/h2-3,5-6,8-11H,4,7,12H2,1H3,(H,20,22). The van der Waals surface area contributed by atoms with E-state index in [9.17, 15) is 22.0 Å². The van der Waals surface area contributed by atoms with Crippen LogP contribution < -0.4 is 5.32 Å². The predicted molar refractivity (Wildman–Crippen MR) is 90.5 cm³/mol. The van der Waals surface area contributed by atoms with E-state index in [1.165, 1.54) is 37.4 Å². The van der Waals surface area contributed by atoms with Gasteiger partial charge in [-0.1, -0.05) is 12.1 Å². The first-order valence-corrected chi connectivity index (χ1v) is 9.01. The summed E-state index contributed by atoms with van der Waals surface area (Å²) < 4.78 is 52.0. The molecule has 0 saturated heterocycles. The van der Waals surface area contributed by atoms with Gasteiger partial charge in [-0.2, -0.15) is 0 Å². The Morgan fingerprint density at radius 3 is 2.36 bits per heavy atom. The molecule has 0 aliphatic heterocycles. The Morgan fingerprint density at radius 1 is 1.08 bits per heavy atom. The molecule has 1 amide bonds. The number of rotatable bonds is 7. The van der Waals surface area contributed by atoms with Crippen LogP contribution in [0.15, 0.2) is 53.4 Å². The summed E-state index contributed by atoms with van der Waals surface area (Å²) in [5, 5.41) is 2.44. The number of sulfonamides is 1. The lowest BCUT2D eigenvalue weighted by molar-refractivity contribution is -0.116. The van der Waals surface area contributed by atoms with Gasteiger partial charge in [0, 0.05) is 20.0 Å². The zero-order valence-corrected chi connectivity index (χ0v) is 14.4. The summed E-state index contributed by atoms with van der Waals surface area (Å²) in [5.41, 5.74) is 0.0831. The van der Waals surface area contributed by atoms with Crippen LogP contribution in [0.2, 0.25) is 0 Å². The molecule has 0 spiro atoms. The average Bonchev–Trinajstić information content (AvgIpc) is 2.57. The lowest BCUT2D eigenvalue weighted by atomic mass is 10.2. The number of halogens is 2. The van der Waals surface area contributed by atoms with Crippen LogP contribution >= 0.6 is 0 Å². The van der Waals surface area contributed by atoms with Crippen LogP contribution in [0.5, 0.6) is 0 Å². The van der Waals surface area contributed by atoms with Crippen molar-refractivity contribution < 1.29 is 22.0 Å². The molecule has 0 bridgehead atoms. The summed E-state index contributed by atoms with van der Waals surface area (Å²) >= 11 is 0. The van der Waals surface area contributed by atoms with E-state index >= 15 is 0 Å². The van der Waals surface area contributed by atoms with Crippen molar-refractivity contribution >= 4 is 21.6 Å². The number of benzene rings is 2. The monoisotopic (exact) mass is 368 g/mol. The second kappa shape index (κ2) is 8.17. The lowest BCUT2D eigenvalue weighted by Crippen LogP contribution is -2.28. The van der Waals surface area contributed by atoms with Crippen molar-refractivity contribution in [3.63, 3.8) is 0 Å². The van der Waals surface area contributed by atoms with Gasteiger partial charge >= 0.3 is 0 Å². The van der Waals surface area contributed by atoms with E-state index in [2.05, 4.69) is 5.32 Å². The Hall–Kier alpha value is -2.32. The molecule has 1 N–H and O–H groups in total. The van der Waals surface area contributed by atoms with E-state index in [-0.39, 0.29) is 30.0 Å². The highest BCUT2D eigenvalue weighted by molar-refractivity contribution is 7.89. The molecule has 8 heteroatoms. The molecular weight excluding hydrogens is 350 g/mol.